The van der Waals surface area contributed by atoms with Gasteiger partial charge in [-0.2, -0.15) is 0 Å². The minimum atomic E-state index is -0.420. The third-order valence-corrected chi connectivity index (χ3v) is 31.7. The summed E-state index contributed by atoms with van der Waals surface area (Å²) in [6.07, 6.45) is 4.58. The highest BCUT2D eigenvalue weighted by Gasteiger charge is 2.47. The van der Waals surface area contributed by atoms with Crippen LogP contribution < -0.4 is 0 Å². The van der Waals surface area contributed by atoms with Gasteiger partial charge in [0.25, 0.3) is 0 Å². The molecule has 0 amide bonds. The van der Waals surface area contributed by atoms with Gasteiger partial charge in [-0.1, -0.05) is 442 Å². The van der Waals surface area contributed by atoms with Gasteiger partial charge < -0.3 is 13.3 Å². The molecule has 2 unspecified atom stereocenters. The summed E-state index contributed by atoms with van der Waals surface area (Å²) in [4.78, 5) is 0. The summed E-state index contributed by atoms with van der Waals surface area (Å²) >= 11 is 0. The van der Waals surface area contributed by atoms with E-state index in [1.807, 2.05) is 249 Å². The van der Waals surface area contributed by atoms with Crippen LogP contribution in [0.5, 0.6) is 0 Å². The molecule has 684 valence electrons. The van der Waals surface area contributed by atoms with E-state index in [1.54, 1.807) is 0 Å². The minimum Gasteiger partial charge on any atom is -0.456 e. The Morgan fingerprint density at radius 2 is 0.493 bits per heavy atom. The number of furan rings is 3. The number of rotatable bonds is 9. The predicted octanol–water partition coefficient (Wildman–Crippen LogP) is 39.9. The lowest BCUT2D eigenvalue weighted by molar-refractivity contribution is 0.233. The maximum atomic E-state index is 9.46. The smallest absolute Gasteiger partial charge is 0.135 e. The quantitative estimate of drug-likeness (QED) is 0.135. The van der Waals surface area contributed by atoms with E-state index in [-0.39, 0.29) is 165 Å². The van der Waals surface area contributed by atoms with Crippen LogP contribution in [0.2, 0.25) is 0 Å². The monoisotopic (exact) mass is 1870 g/mol. The maximum absolute atomic E-state index is 9.46. The number of benzene rings is 23. The first-order valence-corrected chi connectivity index (χ1v) is 49.2. The molecule has 3 heterocycles. The first-order chi connectivity index (χ1) is 80.7. The van der Waals surface area contributed by atoms with Crippen LogP contribution in [0.3, 0.4) is 0 Å². The number of fused-ring (bicyclic) bond motifs is 24. The summed E-state index contributed by atoms with van der Waals surface area (Å²) in [5.74, 6) is 0.857. The van der Waals surface area contributed by atoms with Crippen LogP contribution in [0.15, 0.2) is 462 Å². The maximum Gasteiger partial charge on any atom is 0.135 e. The highest BCUT2D eigenvalue weighted by Crippen LogP contribution is 2.60. The molecule has 144 heavy (non-hydrogen) atoms. The first kappa shape index (κ1) is 63.7. The fourth-order valence-corrected chi connectivity index (χ4v) is 24.8. The van der Waals surface area contributed by atoms with Gasteiger partial charge in [-0.05, 0) is 311 Å². The summed E-state index contributed by atoms with van der Waals surface area (Å²) < 4.78 is 237. The molecular weight excluding hydrogens is 1740 g/mol. The van der Waals surface area contributed by atoms with E-state index >= 15 is 0 Å². The third kappa shape index (κ3) is 13.3. The number of hydrogen-bond acceptors (Lipinski definition) is 3. The van der Waals surface area contributed by atoms with Crippen LogP contribution in [-0.2, 0) is 16.2 Å². The molecule has 23 aromatic carbocycles. The Kier molecular flexibility index (Phi) is 14.6. The van der Waals surface area contributed by atoms with Crippen molar-refractivity contribution in [3.05, 3.63) is 482 Å². The van der Waals surface area contributed by atoms with Crippen molar-refractivity contribution in [3.8, 4) is 122 Å². The summed E-state index contributed by atoms with van der Waals surface area (Å²) in [5.41, 5.74) is 26.2. The molecule has 3 aromatic heterocycles. The lowest BCUT2D eigenvalue weighted by Gasteiger charge is -2.34. The van der Waals surface area contributed by atoms with Crippen LogP contribution in [-0.4, -0.2) is 0 Å². The summed E-state index contributed by atoms with van der Waals surface area (Å²) in [6.45, 7) is 13.2. The third-order valence-electron chi connectivity index (χ3n) is 31.7. The zero-order chi connectivity index (χ0) is 117. The molecule has 0 radical (unpaired) electrons. The Morgan fingerprint density at radius 1 is 0.201 bits per heavy atom. The van der Waals surface area contributed by atoms with E-state index < -0.39 is 60.4 Å². The summed E-state index contributed by atoms with van der Waals surface area (Å²) in [6, 6.07) is 91.1. The molecule has 26 aromatic rings. The molecule has 0 aliphatic heterocycles. The van der Waals surface area contributed by atoms with Gasteiger partial charge in [0.15, 0.2) is 0 Å². The number of para-hydroxylation sites is 3. The van der Waals surface area contributed by atoms with Crippen molar-refractivity contribution in [3.63, 3.8) is 0 Å². The second kappa shape index (κ2) is 33.1. The second-order valence-corrected chi connectivity index (χ2v) is 40.3. The van der Waals surface area contributed by atoms with Gasteiger partial charge in [0, 0.05) is 43.1 Å². The van der Waals surface area contributed by atoms with Crippen molar-refractivity contribution in [2.45, 2.75) is 89.4 Å². The Bertz CT molecular complexity index is 11200. The van der Waals surface area contributed by atoms with Crippen molar-refractivity contribution in [1.29, 1.82) is 0 Å². The van der Waals surface area contributed by atoms with Crippen LogP contribution in [0.4, 0.5) is 0 Å². The molecule has 4 aliphatic carbocycles. The van der Waals surface area contributed by atoms with Crippen molar-refractivity contribution in [2.75, 3.05) is 0 Å². The first-order valence-electron chi connectivity index (χ1n) is 61.2. The molecule has 0 bridgehead atoms. The van der Waals surface area contributed by atoms with Gasteiger partial charge in [-0.15, -0.1) is 0 Å². The van der Waals surface area contributed by atoms with E-state index in [0.29, 0.717) is 78.6 Å². The molecular formula is C141H102O3. The zero-order valence-electron chi connectivity index (χ0n) is 104. The molecule has 30 rings (SSSR count). The Labute approximate surface area is 871 Å². The van der Waals surface area contributed by atoms with Crippen LogP contribution >= 0.6 is 0 Å². The van der Waals surface area contributed by atoms with Gasteiger partial charge in [0.05, 0.1) is 32.9 Å². The molecule has 1 saturated carbocycles. The molecule has 4 aliphatic rings. The predicted molar refractivity (Wildman–Crippen MR) is 608 cm³/mol. The van der Waals surface area contributed by atoms with E-state index in [2.05, 4.69) is 96.1 Å². The molecule has 2 atom stereocenters. The fourth-order valence-electron chi connectivity index (χ4n) is 24.8. The number of hydrogen-bond donors (Lipinski definition) is 0. The Hall–Kier alpha value is -17.0. The van der Waals surface area contributed by atoms with Gasteiger partial charge >= 0.3 is 0 Å². The Morgan fingerprint density at radius 3 is 0.910 bits per heavy atom. The zero-order valence-corrected chi connectivity index (χ0v) is 79.6. The van der Waals surface area contributed by atoms with Gasteiger partial charge in [-0.3, -0.25) is 0 Å². The second-order valence-electron chi connectivity index (χ2n) is 40.3. The van der Waals surface area contributed by atoms with E-state index in [9.17, 15) is 16.4 Å². The van der Waals surface area contributed by atoms with Gasteiger partial charge in [0.2, 0.25) is 0 Å². The lowest BCUT2D eigenvalue weighted by Crippen LogP contribution is -2.27. The Balaban J connectivity index is 0.000000117. The normalized spacial score (nSPS) is 17.4. The van der Waals surface area contributed by atoms with Gasteiger partial charge in [0.1, 0.15) is 33.5 Å². The van der Waals surface area contributed by atoms with Crippen LogP contribution in [0.1, 0.15) is 139 Å². The van der Waals surface area contributed by atoms with E-state index in [4.69, 9.17) is 29.7 Å². The molecule has 3 nitrogen and oxygen atoms in total. The minimum absolute atomic E-state index is 0.0238. The molecule has 3 heteroatoms. The average molecular weight is 1870 g/mol. The van der Waals surface area contributed by atoms with Crippen molar-refractivity contribution < 1.29 is 46.1 Å². The lowest BCUT2D eigenvalue weighted by atomic mass is 9.70. The molecule has 0 spiro atoms. The summed E-state index contributed by atoms with van der Waals surface area (Å²) in [5, 5.41) is 8.62. The van der Waals surface area contributed by atoms with Gasteiger partial charge in [-0.25, -0.2) is 0 Å². The largest absolute Gasteiger partial charge is 0.456 e. The van der Waals surface area contributed by atoms with Crippen molar-refractivity contribution >= 4 is 130 Å². The fraction of sp³-hybridized carbons (Fsp3) is 0.106. The van der Waals surface area contributed by atoms with Crippen molar-refractivity contribution in [1.82, 2.24) is 0 Å². The van der Waals surface area contributed by atoms with Crippen LogP contribution in [0.25, 0.3) is 253 Å². The van der Waals surface area contributed by atoms with E-state index in [0.717, 1.165) is 157 Å². The highest BCUT2D eigenvalue weighted by atomic mass is 16.3. The SMILES string of the molecule is [2H]c1c([2H])c([2H])c2c(-c3ccc4c(c3)C(C)(C)c3ccccc3-4)c3c([2H])c([2H])c([2H])c([2H])c3c(-c3ccc(-c4ccc5oc6ccccc6c5c4)cc3)c2c1[2H].[2H]c1c([2H])c([2H])c2c(-c3ccc4c(c3)C3CCCCC3C4(C)C)c3c([2H])c([2H])c([2H])c([2H])c3c(-c3ccc(-c4ccc5oc6ccccc6c5c4)cc3)c2c1[2H].[2H]c1c([2H])c([2H])c2c(-c3cccc4c3-c3ccccc3C4(C)C)c3c([2H])c([2H])c([2H])c([2H])c3c(-c3ccc(-c4ccc5oc6ccccc6c5c4)cc3)c2c1[2H]. The summed E-state index contributed by atoms with van der Waals surface area (Å²) in [7, 11) is 0. The van der Waals surface area contributed by atoms with E-state index in [1.165, 1.54) is 23.1 Å². The highest BCUT2D eigenvalue weighted by molar-refractivity contribution is 6.26. The molecule has 0 saturated heterocycles. The molecule has 0 N–H and O–H groups in total. The topological polar surface area (TPSA) is 39.4 Å². The molecule has 1 fully saturated rings. The van der Waals surface area contributed by atoms with Crippen LogP contribution in [0, 0.1) is 5.92 Å². The van der Waals surface area contributed by atoms with Crippen molar-refractivity contribution in [2.24, 2.45) is 5.92 Å². The average Bonchev–Trinajstić information content (AvgIpc) is 1.29. The standard InChI is InChI=1S/2C47H32O.C47H38O/c1-47(2)40-19-9-7-17-37(40)46-38(18-11-20-41(46)47)45-35-15-5-3-13-33(35)44(34-14-4-6-16-36(34)45)30-24-22-29(23-25-30)31-26-27-43-39(28-31)32-12-8-10-21-42(32)48-43;1-47(2)41-17-9-7-11-33(41)34-25-23-32(28-42(34)47)46-38-15-5-3-13-36(38)45(37-14-4-6-16-39(37)46)30-21-19-29(20-22-30)31-24-26-44-40(27-31)35-12-8-10-18-43(35)48-44;1-47(2)41-17-9-7-11-33(41)39-28-32(23-25-42(39)47)46-37-15-5-3-13-35(37)45(36-14-4-6-16-38(36)46)30-21-19-29(20-22-30)31-24-26-44-40(27-31)34-12-8-10-18-43(34)48-44/h2*3-28H,1-2H3;3-6,8,10,12-16,18-28,33,41H,7,9,11,17H2,1-2H3/i3*3D,4D,5D,6D,13D,14D,15D,16D.